The summed E-state index contributed by atoms with van der Waals surface area (Å²) in [6.07, 6.45) is 3.17. The molecule has 0 saturated carbocycles. The highest BCUT2D eigenvalue weighted by molar-refractivity contribution is 5.73. The van der Waals surface area contributed by atoms with Crippen molar-refractivity contribution in [2.24, 2.45) is 0 Å². The van der Waals surface area contributed by atoms with Crippen LogP contribution < -0.4 is 15.4 Å². The molecular formula is C15H20N2O3. The molecular weight excluding hydrogens is 256 g/mol. The number of hydrogen-bond donors (Lipinski definition) is 2. The van der Waals surface area contributed by atoms with Gasteiger partial charge in [0, 0.05) is 19.6 Å². The van der Waals surface area contributed by atoms with E-state index in [2.05, 4.69) is 16.7 Å². The summed E-state index contributed by atoms with van der Waals surface area (Å²) >= 11 is 0. The van der Waals surface area contributed by atoms with Gasteiger partial charge in [0.25, 0.3) is 0 Å². The Morgan fingerprint density at radius 1 is 1.20 bits per heavy atom. The standard InChI is InChI=1S/C15H20N2O3/c18-15(16-9-12-5-3-7-19-12)17-10-13-8-11-4-1-2-6-14(11)20-13/h1-2,4,6,12-13H,3,5,7-10H2,(H2,16,17,18)/t12-,13+/m0/s1. The van der Waals surface area contributed by atoms with Gasteiger partial charge in [-0.15, -0.1) is 0 Å². The first-order chi connectivity index (χ1) is 9.81. The van der Waals surface area contributed by atoms with Crippen LogP contribution >= 0.6 is 0 Å². The van der Waals surface area contributed by atoms with Gasteiger partial charge >= 0.3 is 6.03 Å². The molecule has 1 aromatic rings. The molecule has 1 saturated heterocycles. The number of amides is 2. The summed E-state index contributed by atoms with van der Waals surface area (Å²) < 4.78 is 11.2. The largest absolute Gasteiger partial charge is 0.488 e. The van der Waals surface area contributed by atoms with Crippen LogP contribution in [0.5, 0.6) is 5.75 Å². The van der Waals surface area contributed by atoms with Gasteiger partial charge in [0.05, 0.1) is 12.6 Å². The van der Waals surface area contributed by atoms with Gasteiger partial charge in [-0.2, -0.15) is 0 Å². The second-order valence-electron chi connectivity index (χ2n) is 5.28. The third-order valence-corrected chi connectivity index (χ3v) is 3.72. The Hall–Kier alpha value is -1.75. The van der Waals surface area contributed by atoms with E-state index >= 15 is 0 Å². The lowest BCUT2D eigenvalue weighted by Crippen LogP contribution is -2.43. The summed E-state index contributed by atoms with van der Waals surface area (Å²) in [4.78, 5) is 11.7. The van der Waals surface area contributed by atoms with Crippen LogP contribution in [-0.4, -0.2) is 37.9 Å². The van der Waals surface area contributed by atoms with Gasteiger partial charge in [-0.3, -0.25) is 0 Å². The van der Waals surface area contributed by atoms with Gasteiger partial charge in [0.2, 0.25) is 0 Å². The number of ether oxygens (including phenoxy) is 2. The maximum Gasteiger partial charge on any atom is 0.315 e. The first-order valence-corrected chi connectivity index (χ1v) is 7.19. The summed E-state index contributed by atoms with van der Waals surface area (Å²) in [6, 6.07) is 7.84. The van der Waals surface area contributed by atoms with E-state index in [0.717, 1.165) is 31.6 Å². The second-order valence-corrected chi connectivity index (χ2v) is 5.28. The summed E-state index contributed by atoms with van der Waals surface area (Å²) in [7, 11) is 0. The summed E-state index contributed by atoms with van der Waals surface area (Å²) in [5, 5.41) is 5.69. The van der Waals surface area contributed by atoms with Crippen LogP contribution in [0.3, 0.4) is 0 Å². The topological polar surface area (TPSA) is 59.6 Å². The van der Waals surface area contributed by atoms with Gasteiger partial charge in [-0.1, -0.05) is 18.2 Å². The van der Waals surface area contributed by atoms with Crippen molar-refractivity contribution in [1.82, 2.24) is 10.6 Å². The fourth-order valence-corrected chi connectivity index (χ4v) is 2.65. The molecule has 0 aromatic heterocycles. The lowest BCUT2D eigenvalue weighted by Gasteiger charge is -2.14. The molecule has 0 aliphatic carbocycles. The van der Waals surface area contributed by atoms with Crippen molar-refractivity contribution in [3.63, 3.8) is 0 Å². The molecule has 0 unspecified atom stereocenters. The monoisotopic (exact) mass is 276 g/mol. The molecule has 0 spiro atoms. The Morgan fingerprint density at radius 3 is 2.75 bits per heavy atom. The molecule has 2 N–H and O–H groups in total. The number of hydrogen-bond acceptors (Lipinski definition) is 3. The zero-order valence-corrected chi connectivity index (χ0v) is 11.4. The van der Waals surface area contributed by atoms with E-state index in [0.29, 0.717) is 13.1 Å². The van der Waals surface area contributed by atoms with E-state index < -0.39 is 0 Å². The molecule has 108 valence electrons. The van der Waals surface area contributed by atoms with E-state index in [4.69, 9.17) is 9.47 Å². The zero-order chi connectivity index (χ0) is 13.8. The molecule has 1 fully saturated rings. The molecule has 2 atom stereocenters. The average molecular weight is 276 g/mol. The van der Waals surface area contributed by atoms with Crippen LogP contribution in [0, 0.1) is 0 Å². The number of carbonyl (C=O) groups excluding carboxylic acids is 1. The Bertz CT molecular complexity index is 447. The van der Waals surface area contributed by atoms with Crippen LogP contribution in [0.15, 0.2) is 24.3 Å². The minimum Gasteiger partial charge on any atom is -0.488 e. The number of nitrogens with one attached hydrogen (secondary N) is 2. The molecule has 2 heterocycles. The van der Waals surface area contributed by atoms with Gasteiger partial charge < -0.3 is 20.1 Å². The summed E-state index contributed by atoms with van der Waals surface area (Å²) in [6.45, 7) is 1.91. The van der Waals surface area contributed by atoms with Crippen LogP contribution in [0.1, 0.15) is 18.4 Å². The predicted molar refractivity (Wildman–Crippen MR) is 74.9 cm³/mol. The maximum atomic E-state index is 11.7. The van der Waals surface area contributed by atoms with E-state index in [1.807, 2.05) is 18.2 Å². The highest BCUT2D eigenvalue weighted by atomic mass is 16.5. The van der Waals surface area contributed by atoms with Crippen molar-refractivity contribution in [2.45, 2.75) is 31.5 Å². The van der Waals surface area contributed by atoms with Crippen molar-refractivity contribution in [3.05, 3.63) is 29.8 Å². The zero-order valence-electron chi connectivity index (χ0n) is 11.4. The fraction of sp³-hybridized carbons (Fsp3) is 0.533. The van der Waals surface area contributed by atoms with Crippen molar-refractivity contribution < 1.29 is 14.3 Å². The lowest BCUT2D eigenvalue weighted by molar-refractivity contribution is 0.111. The van der Waals surface area contributed by atoms with Gasteiger partial charge in [0.1, 0.15) is 11.9 Å². The maximum absolute atomic E-state index is 11.7. The van der Waals surface area contributed by atoms with Crippen LogP contribution in [0.2, 0.25) is 0 Å². The third-order valence-electron chi connectivity index (χ3n) is 3.72. The number of rotatable bonds is 4. The number of fused-ring (bicyclic) bond motifs is 1. The quantitative estimate of drug-likeness (QED) is 0.875. The summed E-state index contributed by atoms with van der Waals surface area (Å²) in [5.41, 5.74) is 1.21. The average Bonchev–Trinajstić information content (AvgIpc) is 3.11. The Kier molecular flexibility index (Phi) is 4.06. The highest BCUT2D eigenvalue weighted by Gasteiger charge is 2.23. The SMILES string of the molecule is O=C(NC[C@@H]1CCCO1)NC[C@H]1Cc2ccccc2O1. The van der Waals surface area contributed by atoms with Crippen molar-refractivity contribution >= 4 is 6.03 Å². The van der Waals surface area contributed by atoms with Crippen LogP contribution in [0.4, 0.5) is 4.79 Å². The van der Waals surface area contributed by atoms with E-state index in [1.165, 1.54) is 5.56 Å². The van der Waals surface area contributed by atoms with Gasteiger partial charge in [-0.25, -0.2) is 4.79 Å². The molecule has 2 aliphatic heterocycles. The smallest absolute Gasteiger partial charge is 0.315 e. The number of para-hydroxylation sites is 1. The molecule has 5 nitrogen and oxygen atoms in total. The lowest BCUT2D eigenvalue weighted by atomic mass is 10.1. The van der Waals surface area contributed by atoms with Crippen molar-refractivity contribution in [2.75, 3.05) is 19.7 Å². The molecule has 3 rings (SSSR count). The summed E-state index contributed by atoms with van der Waals surface area (Å²) in [5.74, 6) is 0.930. The van der Waals surface area contributed by atoms with Gasteiger partial charge in [-0.05, 0) is 24.5 Å². The van der Waals surface area contributed by atoms with Gasteiger partial charge in [0.15, 0.2) is 0 Å². The highest BCUT2D eigenvalue weighted by Crippen LogP contribution is 2.27. The number of carbonyl (C=O) groups is 1. The molecule has 0 bridgehead atoms. The first-order valence-electron chi connectivity index (χ1n) is 7.19. The minimum atomic E-state index is -0.153. The Labute approximate surface area is 118 Å². The van der Waals surface area contributed by atoms with Crippen LogP contribution in [-0.2, 0) is 11.2 Å². The third kappa shape index (κ3) is 3.22. The first kappa shape index (κ1) is 13.2. The Morgan fingerprint density at radius 2 is 2.00 bits per heavy atom. The minimum absolute atomic E-state index is 0.0286. The molecule has 5 heteroatoms. The molecule has 20 heavy (non-hydrogen) atoms. The van der Waals surface area contributed by atoms with Crippen molar-refractivity contribution in [3.8, 4) is 5.75 Å². The number of benzene rings is 1. The molecule has 0 radical (unpaired) electrons. The second kappa shape index (κ2) is 6.13. The van der Waals surface area contributed by atoms with E-state index in [-0.39, 0.29) is 18.2 Å². The van der Waals surface area contributed by atoms with Crippen molar-refractivity contribution in [1.29, 1.82) is 0 Å². The molecule has 2 amide bonds. The van der Waals surface area contributed by atoms with Crippen LogP contribution in [0.25, 0.3) is 0 Å². The normalized spacial score (nSPS) is 24.0. The molecule has 2 aliphatic rings. The number of urea groups is 1. The van der Waals surface area contributed by atoms with E-state index in [9.17, 15) is 4.79 Å². The predicted octanol–water partition coefficient (Wildman–Crippen LogP) is 1.47. The van der Waals surface area contributed by atoms with E-state index in [1.54, 1.807) is 0 Å². The Balaban J connectivity index is 1.36. The fourth-order valence-electron chi connectivity index (χ4n) is 2.65. The molecule has 1 aromatic carbocycles.